The zero-order chi connectivity index (χ0) is 13.9. The first kappa shape index (κ1) is 13.3. The molecule has 1 saturated carbocycles. The summed E-state index contributed by atoms with van der Waals surface area (Å²) in [6, 6.07) is 8.42. The van der Waals surface area contributed by atoms with E-state index in [4.69, 9.17) is 5.84 Å². The molecule has 0 aliphatic heterocycles. The maximum Gasteiger partial charge on any atom is 0.143 e. The van der Waals surface area contributed by atoms with Gasteiger partial charge in [0, 0.05) is 22.6 Å². The van der Waals surface area contributed by atoms with Gasteiger partial charge in [-0.1, -0.05) is 6.07 Å². The Morgan fingerprint density at radius 3 is 2.85 bits per heavy atom. The van der Waals surface area contributed by atoms with Gasteiger partial charge in [-0.15, -0.1) is 11.8 Å². The molecule has 1 aliphatic carbocycles. The fourth-order valence-corrected chi connectivity index (χ4v) is 2.74. The van der Waals surface area contributed by atoms with Crippen LogP contribution in [0.3, 0.4) is 0 Å². The van der Waals surface area contributed by atoms with Crippen LogP contribution in [-0.4, -0.2) is 9.97 Å². The van der Waals surface area contributed by atoms with E-state index in [9.17, 15) is 4.39 Å². The number of nitrogens with two attached hydrogens (primary N) is 1. The van der Waals surface area contributed by atoms with E-state index in [1.54, 1.807) is 6.07 Å². The number of thioether (sulfide) groups is 1. The lowest BCUT2D eigenvalue weighted by Gasteiger charge is -2.07. The molecule has 0 amide bonds. The highest BCUT2D eigenvalue weighted by molar-refractivity contribution is 7.98. The topological polar surface area (TPSA) is 63.8 Å². The molecule has 3 N–H and O–H groups in total. The molecular formula is C14H15FN4S. The number of halogens is 1. The lowest BCUT2D eigenvalue weighted by Crippen LogP contribution is -2.11. The molecule has 1 aromatic carbocycles. The predicted octanol–water partition coefficient (Wildman–Crippen LogP) is 3.07. The van der Waals surface area contributed by atoms with Crippen LogP contribution in [0, 0.1) is 5.82 Å². The maximum atomic E-state index is 13.1. The van der Waals surface area contributed by atoms with Crippen LogP contribution in [0.15, 0.2) is 35.2 Å². The summed E-state index contributed by atoms with van der Waals surface area (Å²) >= 11 is 1.51. The summed E-state index contributed by atoms with van der Waals surface area (Å²) in [6.07, 6.45) is 2.36. The SMILES string of the molecule is NNc1cc(C2CC2)nc(CSc2cccc(F)c2)n1. The average molecular weight is 290 g/mol. The number of nitrogens with zero attached hydrogens (tertiary/aromatic N) is 2. The highest BCUT2D eigenvalue weighted by Crippen LogP contribution is 2.39. The fraction of sp³-hybridized carbons (Fsp3) is 0.286. The molecule has 2 aromatic rings. The Balaban J connectivity index is 1.74. The molecule has 1 heterocycles. The highest BCUT2D eigenvalue weighted by atomic mass is 32.2. The van der Waals surface area contributed by atoms with E-state index < -0.39 is 0 Å². The standard InChI is InChI=1S/C14H15FN4S/c15-10-2-1-3-11(6-10)20-8-14-17-12(9-4-5-9)7-13(18-14)19-16/h1-3,6-7,9H,4-5,8,16H2,(H,17,18,19). The molecule has 0 atom stereocenters. The van der Waals surface area contributed by atoms with Crippen LogP contribution in [0.2, 0.25) is 0 Å². The lowest BCUT2D eigenvalue weighted by atomic mass is 10.3. The first-order chi connectivity index (χ1) is 9.74. The molecule has 104 valence electrons. The van der Waals surface area contributed by atoms with Crippen molar-refractivity contribution in [3.63, 3.8) is 0 Å². The van der Waals surface area contributed by atoms with Gasteiger partial charge < -0.3 is 5.43 Å². The molecule has 0 saturated heterocycles. The monoisotopic (exact) mass is 290 g/mol. The Kier molecular flexibility index (Phi) is 3.84. The molecule has 1 aliphatic rings. The van der Waals surface area contributed by atoms with Crippen molar-refractivity contribution >= 4 is 17.6 Å². The Morgan fingerprint density at radius 2 is 2.15 bits per heavy atom. The molecule has 1 fully saturated rings. The van der Waals surface area contributed by atoms with E-state index >= 15 is 0 Å². The van der Waals surface area contributed by atoms with Gasteiger partial charge in [-0.3, -0.25) is 0 Å². The van der Waals surface area contributed by atoms with Crippen molar-refractivity contribution < 1.29 is 4.39 Å². The summed E-state index contributed by atoms with van der Waals surface area (Å²) in [6.45, 7) is 0. The molecule has 0 radical (unpaired) electrons. The minimum absolute atomic E-state index is 0.230. The fourth-order valence-electron chi connectivity index (χ4n) is 1.95. The van der Waals surface area contributed by atoms with E-state index in [1.807, 2.05) is 12.1 Å². The maximum absolute atomic E-state index is 13.1. The Hall–Kier alpha value is -1.66. The Bertz CT molecular complexity index is 616. The number of nitrogens with one attached hydrogen (secondary N) is 1. The normalized spacial score (nSPS) is 14.3. The van der Waals surface area contributed by atoms with Gasteiger partial charge in [0.05, 0.1) is 5.75 Å². The van der Waals surface area contributed by atoms with Crippen molar-refractivity contribution in [2.24, 2.45) is 5.84 Å². The first-order valence-electron chi connectivity index (χ1n) is 6.47. The van der Waals surface area contributed by atoms with Crippen LogP contribution < -0.4 is 11.3 Å². The van der Waals surface area contributed by atoms with Crippen molar-refractivity contribution in [1.82, 2.24) is 9.97 Å². The van der Waals surface area contributed by atoms with Gasteiger partial charge in [0.1, 0.15) is 17.5 Å². The van der Waals surface area contributed by atoms with Crippen LogP contribution in [0.5, 0.6) is 0 Å². The molecule has 0 unspecified atom stereocenters. The number of nitrogen functional groups attached to an aromatic ring is 1. The summed E-state index contributed by atoms with van der Waals surface area (Å²) < 4.78 is 13.1. The van der Waals surface area contributed by atoms with Crippen molar-refractivity contribution in [3.8, 4) is 0 Å². The third-order valence-corrected chi connectivity index (χ3v) is 4.09. The van der Waals surface area contributed by atoms with Gasteiger partial charge in [0.2, 0.25) is 0 Å². The van der Waals surface area contributed by atoms with Gasteiger partial charge in [0.25, 0.3) is 0 Å². The van der Waals surface area contributed by atoms with E-state index in [2.05, 4.69) is 15.4 Å². The smallest absolute Gasteiger partial charge is 0.143 e. The highest BCUT2D eigenvalue weighted by Gasteiger charge is 2.26. The molecule has 0 spiro atoms. The Morgan fingerprint density at radius 1 is 1.30 bits per heavy atom. The minimum atomic E-state index is -0.230. The summed E-state index contributed by atoms with van der Waals surface area (Å²) in [4.78, 5) is 9.77. The average Bonchev–Trinajstić information content (AvgIpc) is 3.29. The second kappa shape index (κ2) is 5.76. The third-order valence-electron chi connectivity index (χ3n) is 3.10. The molecule has 20 heavy (non-hydrogen) atoms. The van der Waals surface area contributed by atoms with Crippen LogP contribution in [-0.2, 0) is 5.75 Å². The zero-order valence-corrected chi connectivity index (χ0v) is 11.7. The van der Waals surface area contributed by atoms with Crippen LogP contribution in [0.1, 0.15) is 30.3 Å². The van der Waals surface area contributed by atoms with Gasteiger partial charge in [-0.2, -0.15) is 0 Å². The molecular weight excluding hydrogens is 275 g/mol. The zero-order valence-electron chi connectivity index (χ0n) is 10.8. The third kappa shape index (κ3) is 3.26. The van der Waals surface area contributed by atoms with Gasteiger partial charge >= 0.3 is 0 Å². The van der Waals surface area contributed by atoms with Crippen molar-refractivity contribution in [1.29, 1.82) is 0 Å². The van der Waals surface area contributed by atoms with Gasteiger partial charge in [-0.05, 0) is 31.0 Å². The molecule has 1 aromatic heterocycles. The number of benzene rings is 1. The van der Waals surface area contributed by atoms with E-state index in [1.165, 1.54) is 36.7 Å². The largest absolute Gasteiger partial charge is 0.308 e. The van der Waals surface area contributed by atoms with E-state index in [0.717, 1.165) is 16.4 Å². The number of aromatic nitrogens is 2. The van der Waals surface area contributed by atoms with Gasteiger partial charge in [-0.25, -0.2) is 20.2 Å². The van der Waals surface area contributed by atoms with Crippen LogP contribution >= 0.6 is 11.8 Å². The molecule has 0 bridgehead atoms. The van der Waals surface area contributed by atoms with Crippen LogP contribution in [0.25, 0.3) is 0 Å². The first-order valence-corrected chi connectivity index (χ1v) is 7.46. The Labute approximate surface area is 121 Å². The number of anilines is 1. The van der Waals surface area contributed by atoms with Crippen molar-refractivity contribution in [3.05, 3.63) is 47.7 Å². The predicted molar refractivity (Wildman–Crippen MR) is 77.8 cm³/mol. The minimum Gasteiger partial charge on any atom is -0.308 e. The summed E-state index contributed by atoms with van der Waals surface area (Å²) in [7, 11) is 0. The number of hydrazine groups is 1. The molecule has 6 heteroatoms. The number of rotatable bonds is 5. The lowest BCUT2D eigenvalue weighted by molar-refractivity contribution is 0.624. The van der Waals surface area contributed by atoms with Crippen LogP contribution in [0.4, 0.5) is 10.2 Å². The van der Waals surface area contributed by atoms with Crippen molar-refractivity contribution in [2.45, 2.75) is 29.4 Å². The molecule has 4 nitrogen and oxygen atoms in total. The summed E-state index contributed by atoms with van der Waals surface area (Å²) in [5.74, 6) is 7.70. The van der Waals surface area contributed by atoms with Gasteiger partial charge in [0.15, 0.2) is 0 Å². The summed E-state index contributed by atoms with van der Waals surface area (Å²) in [5.41, 5.74) is 3.62. The van der Waals surface area contributed by atoms with Crippen molar-refractivity contribution in [2.75, 3.05) is 5.43 Å². The second-order valence-corrected chi connectivity index (χ2v) is 5.81. The van der Waals surface area contributed by atoms with E-state index in [0.29, 0.717) is 17.5 Å². The quantitative estimate of drug-likeness (QED) is 0.503. The number of hydrogen-bond acceptors (Lipinski definition) is 5. The molecule has 3 rings (SSSR count). The second-order valence-electron chi connectivity index (χ2n) is 4.76. The summed E-state index contributed by atoms with van der Waals surface area (Å²) in [5, 5.41) is 0. The van der Waals surface area contributed by atoms with E-state index in [-0.39, 0.29) is 5.82 Å². The number of hydrogen-bond donors (Lipinski definition) is 2.